The van der Waals surface area contributed by atoms with E-state index in [2.05, 4.69) is 15.3 Å². The summed E-state index contributed by atoms with van der Waals surface area (Å²) < 4.78 is 0. The van der Waals surface area contributed by atoms with Gasteiger partial charge in [-0.05, 0) is 75.1 Å². The summed E-state index contributed by atoms with van der Waals surface area (Å²) in [4.78, 5) is 48.2. The van der Waals surface area contributed by atoms with Crippen molar-refractivity contribution >= 4 is 34.6 Å². The Morgan fingerprint density at radius 2 is 1.69 bits per heavy atom. The summed E-state index contributed by atoms with van der Waals surface area (Å²) in [5.41, 5.74) is 3.72. The Hall–Kier alpha value is -2.83. The molecule has 0 spiro atoms. The highest BCUT2D eigenvalue weighted by molar-refractivity contribution is 6.09. The molecule has 3 fully saturated rings. The van der Waals surface area contributed by atoms with Crippen molar-refractivity contribution in [3.63, 3.8) is 0 Å². The fraction of sp³-hybridized carbons (Fsp3) is 0.500. The summed E-state index contributed by atoms with van der Waals surface area (Å²) in [6.45, 7) is 5.74. The smallest absolute Gasteiger partial charge is 0.245 e. The molecule has 29 heavy (non-hydrogen) atoms. The normalized spacial score (nSPS) is 27.8. The van der Waals surface area contributed by atoms with Crippen molar-refractivity contribution in [1.29, 1.82) is 0 Å². The molecular formula is C22H24N4O3. The number of aromatic nitrogens is 2. The number of nitrogens with zero attached hydrogens (tertiary/aromatic N) is 3. The lowest BCUT2D eigenvalue weighted by Crippen LogP contribution is -2.39. The highest BCUT2D eigenvalue weighted by atomic mass is 16.2. The molecular weight excluding hydrogens is 368 g/mol. The Bertz CT molecular complexity index is 1050. The molecule has 2 aromatic heterocycles. The first-order valence-electron chi connectivity index (χ1n) is 10.2. The number of pyridine rings is 2. The zero-order valence-corrected chi connectivity index (χ0v) is 16.9. The monoisotopic (exact) mass is 392 g/mol. The van der Waals surface area contributed by atoms with E-state index >= 15 is 0 Å². The number of carbonyl (C=O) groups is 3. The third kappa shape index (κ3) is 2.67. The van der Waals surface area contributed by atoms with Crippen LogP contribution >= 0.6 is 0 Å². The number of carbonyl (C=O) groups excluding carboxylic acids is 3. The van der Waals surface area contributed by atoms with Gasteiger partial charge in [0.1, 0.15) is 12.4 Å². The lowest BCUT2D eigenvalue weighted by Gasteiger charge is -2.19. The van der Waals surface area contributed by atoms with Crippen LogP contribution in [0.15, 0.2) is 12.1 Å². The van der Waals surface area contributed by atoms with Crippen molar-refractivity contribution in [1.82, 2.24) is 14.9 Å². The van der Waals surface area contributed by atoms with Gasteiger partial charge in [0, 0.05) is 11.1 Å². The van der Waals surface area contributed by atoms with E-state index in [1.807, 2.05) is 26.8 Å². The maximum absolute atomic E-state index is 12.8. The molecule has 2 bridgehead atoms. The van der Waals surface area contributed by atoms with Crippen LogP contribution in [0.3, 0.4) is 0 Å². The van der Waals surface area contributed by atoms with Crippen molar-refractivity contribution < 1.29 is 14.4 Å². The molecule has 3 heterocycles. The third-order valence-electron chi connectivity index (χ3n) is 7.25. The molecule has 7 heteroatoms. The topological polar surface area (TPSA) is 92.3 Å². The van der Waals surface area contributed by atoms with Crippen LogP contribution in [0.1, 0.15) is 36.1 Å². The minimum Gasteiger partial charge on any atom is -0.309 e. The number of fused-ring (bicyclic) bond motifs is 6. The third-order valence-corrected chi connectivity index (χ3v) is 7.25. The fourth-order valence-corrected chi connectivity index (χ4v) is 5.56. The Morgan fingerprint density at radius 3 is 2.34 bits per heavy atom. The van der Waals surface area contributed by atoms with Crippen LogP contribution in [0.5, 0.6) is 0 Å². The molecule has 5 rings (SSSR count). The van der Waals surface area contributed by atoms with Crippen molar-refractivity contribution in [2.45, 2.75) is 40.0 Å². The molecule has 7 nitrogen and oxygen atoms in total. The molecule has 150 valence electrons. The molecule has 3 aliphatic rings. The van der Waals surface area contributed by atoms with Gasteiger partial charge in [0.15, 0.2) is 5.65 Å². The standard InChI is InChI=1S/C22H24N4O3/c1-10-11(2)15-6-7-16(25-20(15)23-12(10)3)24-17(27)9-26-21(28)18-13-4-5-14(8-13)19(18)22(26)29/h6-7,13-14,18-19H,4-5,8-9H2,1-3H3,(H,23,24,25,27)/t13-,14-,18+,19+/m0/s1. The fourth-order valence-electron chi connectivity index (χ4n) is 5.56. The summed E-state index contributed by atoms with van der Waals surface area (Å²) >= 11 is 0. The average molecular weight is 392 g/mol. The van der Waals surface area contributed by atoms with E-state index in [0.29, 0.717) is 23.3 Å². The Labute approximate surface area is 168 Å². The van der Waals surface area contributed by atoms with Crippen molar-refractivity contribution in [2.24, 2.45) is 23.7 Å². The lowest BCUT2D eigenvalue weighted by atomic mass is 9.81. The van der Waals surface area contributed by atoms with Crippen LogP contribution in [-0.2, 0) is 14.4 Å². The number of nitrogens with one attached hydrogen (secondary N) is 1. The number of likely N-dealkylation sites (tertiary alicyclic amines) is 1. The summed E-state index contributed by atoms with van der Waals surface area (Å²) in [5.74, 6) is -0.148. The SMILES string of the molecule is Cc1nc2nc(NC(=O)CN3C(=O)[C@@H]4[C@H]5CC[C@@H](C5)[C@H]4C3=O)ccc2c(C)c1C. The number of hydrogen-bond acceptors (Lipinski definition) is 5. The van der Waals surface area contributed by atoms with Gasteiger partial charge in [0.2, 0.25) is 17.7 Å². The Kier molecular flexibility index (Phi) is 3.98. The second-order valence-electron chi connectivity index (χ2n) is 8.71. The van der Waals surface area contributed by atoms with E-state index in [1.54, 1.807) is 6.07 Å². The van der Waals surface area contributed by atoms with Gasteiger partial charge in [0.25, 0.3) is 0 Å². The number of rotatable bonds is 3. The summed E-state index contributed by atoms with van der Waals surface area (Å²) in [6, 6.07) is 3.62. The number of amides is 3. The molecule has 0 unspecified atom stereocenters. The van der Waals surface area contributed by atoms with Gasteiger partial charge in [-0.1, -0.05) is 0 Å². The van der Waals surface area contributed by atoms with Crippen LogP contribution in [0.25, 0.3) is 11.0 Å². The van der Waals surface area contributed by atoms with Crippen molar-refractivity contribution in [3.8, 4) is 0 Å². The predicted molar refractivity (Wildman–Crippen MR) is 107 cm³/mol. The van der Waals surface area contributed by atoms with Crippen LogP contribution in [0.4, 0.5) is 5.82 Å². The average Bonchev–Trinajstić information content (AvgIpc) is 3.36. The van der Waals surface area contributed by atoms with Crippen LogP contribution < -0.4 is 5.32 Å². The largest absolute Gasteiger partial charge is 0.309 e. The molecule has 2 aromatic rings. The van der Waals surface area contributed by atoms with Crippen LogP contribution in [0, 0.1) is 44.4 Å². The second kappa shape index (κ2) is 6.34. The van der Waals surface area contributed by atoms with E-state index in [9.17, 15) is 14.4 Å². The summed E-state index contributed by atoms with van der Waals surface area (Å²) in [5, 5.41) is 3.67. The number of anilines is 1. The molecule has 1 N–H and O–H groups in total. The number of aryl methyl sites for hydroxylation is 2. The maximum atomic E-state index is 12.8. The molecule has 0 radical (unpaired) electrons. The molecule has 1 aliphatic heterocycles. The van der Waals surface area contributed by atoms with E-state index < -0.39 is 5.91 Å². The first-order chi connectivity index (χ1) is 13.8. The highest BCUT2D eigenvalue weighted by Crippen LogP contribution is 2.56. The van der Waals surface area contributed by atoms with Gasteiger partial charge in [-0.2, -0.15) is 0 Å². The second-order valence-corrected chi connectivity index (χ2v) is 8.71. The first kappa shape index (κ1) is 18.2. The first-order valence-corrected chi connectivity index (χ1v) is 10.2. The van der Waals surface area contributed by atoms with Crippen molar-refractivity contribution in [3.05, 3.63) is 29.0 Å². The minimum atomic E-state index is -0.411. The van der Waals surface area contributed by atoms with Gasteiger partial charge in [0.05, 0.1) is 11.8 Å². The molecule has 0 aromatic carbocycles. The maximum Gasteiger partial charge on any atom is 0.245 e. The van der Waals surface area contributed by atoms with Gasteiger partial charge in [-0.3, -0.25) is 19.3 Å². The van der Waals surface area contributed by atoms with Crippen molar-refractivity contribution in [2.75, 3.05) is 11.9 Å². The van der Waals surface area contributed by atoms with Crippen LogP contribution in [-0.4, -0.2) is 39.1 Å². The van der Waals surface area contributed by atoms with Gasteiger partial charge in [-0.15, -0.1) is 0 Å². The van der Waals surface area contributed by atoms with E-state index in [-0.39, 0.29) is 30.2 Å². The lowest BCUT2D eigenvalue weighted by molar-refractivity contribution is -0.143. The van der Waals surface area contributed by atoms with Gasteiger partial charge < -0.3 is 5.32 Å². The Balaban J connectivity index is 1.33. The number of imide groups is 1. The predicted octanol–water partition coefficient (Wildman–Crippen LogP) is 2.52. The summed E-state index contributed by atoms with van der Waals surface area (Å²) in [7, 11) is 0. The molecule has 1 saturated heterocycles. The van der Waals surface area contributed by atoms with Gasteiger partial charge >= 0.3 is 0 Å². The van der Waals surface area contributed by atoms with E-state index in [0.717, 1.165) is 46.4 Å². The van der Waals surface area contributed by atoms with E-state index in [1.165, 1.54) is 0 Å². The zero-order chi connectivity index (χ0) is 20.4. The molecule has 2 saturated carbocycles. The quantitative estimate of drug-likeness (QED) is 0.811. The van der Waals surface area contributed by atoms with Crippen LogP contribution in [0.2, 0.25) is 0 Å². The molecule has 3 amide bonds. The minimum absolute atomic E-state index is 0.169. The molecule has 2 aliphatic carbocycles. The van der Waals surface area contributed by atoms with E-state index in [4.69, 9.17) is 0 Å². The Morgan fingerprint density at radius 1 is 1.03 bits per heavy atom. The highest BCUT2D eigenvalue weighted by Gasteiger charge is 2.60. The zero-order valence-electron chi connectivity index (χ0n) is 16.9. The van der Waals surface area contributed by atoms with Gasteiger partial charge in [-0.25, -0.2) is 9.97 Å². The molecule has 4 atom stereocenters. The number of hydrogen-bond donors (Lipinski definition) is 1. The summed E-state index contributed by atoms with van der Waals surface area (Å²) in [6.07, 6.45) is 3.04.